The van der Waals surface area contributed by atoms with Gasteiger partial charge >= 0.3 is 0 Å². The van der Waals surface area contributed by atoms with Crippen LogP contribution in [0.25, 0.3) is 0 Å². The van der Waals surface area contributed by atoms with Gasteiger partial charge in [-0.15, -0.1) is 0 Å². The molecule has 0 unspecified atom stereocenters. The van der Waals surface area contributed by atoms with Gasteiger partial charge in [-0.05, 0) is 38.8 Å². The van der Waals surface area contributed by atoms with Crippen molar-refractivity contribution in [1.29, 1.82) is 0 Å². The smallest absolute Gasteiger partial charge is 0.129 e. The van der Waals surface area contributed by atoms with Crippen LogP contribution < -0.4 is 5.32 Å². The molecule has 3 nitrogen and oxygen atoms in total. The van der Waals surface area contributed by atoms with Crippen LogP contribution in [0, 0.1) is 12.8 Å². The van der Waals surface area contributed by atoms with E-state index in [1.54, 1.807) is 0 Å². The Morgan fingerprint density at radius 3 is 2.86 bits per heavy atom. The predicted octanol–water partition coefficient (Wildman–Crippen LogP) is 1.46. The molecule has 0 atom stereocenters. The van der Waals surface area contributed by atoms with Crippen LogP contribution in [-0.4, -0.2) is 17.0 Å². The molecule has 76 valence electrons. The summed E-state index contributed by atoms with van der Waals surface area (Å²) in [5.74, 6) is 1.89. The van der Waals surface area contributed by atoms with E-state index in [0.717, 1.165) is 36.1 Å². The van der Waals surface area contributed by atoms with Gasteiger partial charge in [0.25, 0.3) is 0 Å². The van der Waals surface area contributed by atoms with Crippen molar-refractivity contribution in [3.8, 4) is 0 Å². The van der Waals surface area contributed by atoms with Crippen LogP contribution in [0.1, 0.15) is 30.1 Å². The van der Waals surface area contributed by atoms with E-state index in [-0.39, 0.29) is 0 Å². The highest BCUT2D eigenvalue weighted by atomic mass is 14.9. The molecule has 2 rings (SSSR count). The van der Waals surface area contributed by atoms with Gasteiger partial charge in [-0.25, -0.2) is 9.97 Å². The van der Waals surface area contributed by atoms with Gasteiger partial charge in [-0.3, -0.25) is 0 Å². The molecule has 0 spiro atoms. The quantitative estimate of drug-likeness (QED) is 0.783. The molecule has 1 aliphatic carbocycles. The second kappa shape index (κ2) is 4.05. The highest BCUT2D eigenvalue weighted by molar-refractivity contribution is 5.10. The minimum absolute atomic E-state index is 0.834. The lowest BCUT2D eigenvalue weighted by Crippen LogP contribution is -2.10. The summed E-state index contributed by atoms with van der Waals surface area (Å²) >= 11 is 0. The summed E-state index contributed by atoms with van der Waals surface area (Å²) in [5, 5.41) is 3.12. The number of nitrogens with zero attached hydrogens (tertiary/aromatic N) is 2. The zero-order valence-corrected chi connectivity index (χ0v) is 8.88. The summed E-state index contributed by atoms with van der Waals surface area (Å²) in [5.41, 5.74) is 2.19. The third-order valence-electron chi connectivity index (χ3n) is 2.48. The first-order valence-corrected chi connectivity index (χ1v) is 5.26. The van der Waals surface area contributed by atoms with Crippen LogP contribution in [0.5, 0.6) is 0 Å². The van der Waals surface area contributed by atoms with Gasteiger partial charge in [0.2, 0.25) is 0 Å². The Morgan fingerprint density at radius 1 is 1.43 bits per heavy atom. The maximum absolute atomic E-state index is 4.53. The molecule has 0 aliphatic heterocycles. The molecular formula is C11H17N3. The van der Waals surface area contributed by atoms with Gasteiger partial charge in [0.1, 0.15) is 5.82 Å². The van der Waals surface area contributed by atoms with Crippen LogP contribution in [0.2, 0.25) is 0 Å². The Bertz CT molecular complexity index is 318. The Hall–Kier alpha value is -0.960. The van der Waals surface area contributed by atoms with Crippen LogP contribution in [0.4, 0.5) is 0 Å². The molecule has 1 saturated carbocycles. The standard InChI is InChI=1S/C11H17N3/c1-8-5-10(7-12-2)14-11(13-8)6-9-3-4-9/h5,9,12H,3-4,6-7H2,1-2H3. The first kappa shape index (κ1) is 9.59. The highest BCUT2D eigenvalue weighted by Crippen LogP contribution is 2.31. The molecule has 1 aromatic rings. The molecule has 1 heterocycles. The van der Waals surface area contributed by atoms with Crippen molar-refractivity contribution in [2.75, 3.05) is 7.05 Å². The number of aromatic nitrogens is 2. The summed E-state index contributed by atoms with van der Waals surface area (Å²) in [6.07, 6.45) is 3.79. The summed E-state index contributed by atoms with van der Waals surface area (Å²) in [7, 11) is 1.94. The molecule has 0 amide bonds. The summed E-state index contributed by atoms with van der Waals surface area (Å²) in [6.45, 7) is 2.87. The van der Waals surface area contributed by atoms with Gasteiger partial charge in [0.15, 0.2) is 0 Å². The molecule has 14 heavy (non-hydrogen) atoms. The van der Waals surface area contributed by atoms with Gasteiger partial charge < -0.3 is 5.32 Å². The lowest BCUT2D eigenvalue weighted by molar-refractivity contribution is 0.724. The third kappa shape index (κ3) is 2.51. The van der Waals surface area contributed by atoms with Gasteiger partial charge in [0.05, 0.1) is 5.69 Å². The van der Waals surface area contributed by atoms with Crippen LogP contribution in [-0.2, 0) is 13.0 Å². The van der Waals surface area contributed by atoms with Crippen molar-refractivity contribution in [3.05, 3.63) is 23.3 Å². The number of rotatable bonds is 4. The Kier molecular flexibility index (Phi) is 2.77. The minimum atomic E-state index is 0.834. The van der Waals surface area contributed by atoms with Gasteiger partial charge in [0, 0.05) is 18.7 Å². The van der Waals surface area contributed by atoms with E-state index < -0.39 is 0 Å². The maximum Gasteiger partial charge on any atom is 0.129 e. The van der Waals surface area contributed by atoms with Crippen LogP contribution in [0.3, 0.4) is 0 Å². The van der Waals surface area contributed by atoms with E-state index in [1.165, 1.54) is 12.8 Å². The molecule has 1 fully saturated rings. The fourth-order valence-electron chi connectivity index (χ4n) is 1.64. The molecule has 1 N–H and O–H groups in total. The average molecular weight is 191 g/mol. The first-order valence-electron chi connectivity index (χ1n) is 5.26. The van der Waals surface area contributed by atoms with Crippen LogP contribution >= 0.6 is 0 Å². The van der Waals surface area contributed by atoms with E-state index in [9.17, 15) is 0 Å². The van der Waals surface area contributed by atoms with Crippen molar-refractivity contribution in [1.82, 2.24) is 15.3 Å². The number of hydrogen-bond acceptors (Lipinski definition) is 3. The minimum Gasteiger partial charge on any atom is -0.314 e. The molecule has 0 aromatic carbocycles. The summed E-state index contributed by atoms with van der Waals surface area (Å²) < 4.78 is 0. The molecule has 0 radical (unpaired) electrons. The van der Waals surface area contributed by atoms with Crippen molar-refractivity contribution in [3.63, 3.8) is 0 Å². The lowest BCUT2D eigenvalue weighted by Gasteiger charge is -2.04. The number of aryl methyl sites for hydroxylation is 1. The predicted molar refractivity (Wildman–Crippen MR) is 56.0 cm³/mol. The maximum atomic E-state index is 4.53. The number of nitrogens with one attached hydrogen (secondary N) is 1. The lowest BCUT2D eigenvalue weighted by atomic mass is 10.2. The Balaban J connectivity index is 2.12. The Labute approximate surface area is 85.0 Å². The fourth-order valence-corrected chi connectivity index (χ4v) is 1.64. The van der Waals surface area contributed by atoms with E-state index in [0.29, 0.717) is 0 Å². The Morgan fingerprint density at radius 2 is 2.21 bits per heavy atom. The zero-order valence-electron chi connectivity index (χ0n) is 8.88. The van der Waals surface area contributed by atoms with Gasteiger partial charge in [-0.1, -0.05) is 0 Å². The molecular weight excluding hydrogens is 174 g/mol. The SMILES string of the molecule is CNCc1cc(C)nc(CC2CC2)n1. The second-order valence-electron chi connectivity index (χ2n) is 4.09. The molecule has 3 heteroatoms. The van der Waals surface area contributed by atoms with E-state index in [4.69, 9.17) is 0 Å². The zero-order chi connectivity index (χ0) is 9.97. The molecule has 0 bridgehead atoms. The van der Waals surface area contributed by atoms with Crippen molar-refractivity contribution in [2.45, 2.75) is 32.7 Å². The highest BCUT2D eigenvalue weighted by Gasteiger charge is 2.22. The third-order valence-corrected chi connectivity index (χ3v) is 2.48. The van der Waals surface area contributed by atoms with E-state index >= 15 is 0 Å². The number of hydrogen-bond donors (Lipinski definition) is 1. The fraction of sp³-hybridized carbons (Fsp3) is 0.636. The van der Waals surface area contributed by atoms with E-state index in [2.05, 4.69) is 15.3 Å². The average Bonchev–Trinajstić information content (AvgIpc) is 2.87. The first-order chi connectivity index (χ1) is 6.78. The second-order valence-corrected chi connectivity index (χ2v) is 4.09. The van der Waals surface area contributed by atoms with Crippen LogP contribution in [0.15, 0.2) is 6.07 Å². The monoisotopic (exact) mass is 191 g/mol. The van der Waals surface area contributed by atoms with Crippen molar-refractivity contribution in [2.24, 2.45) is 5.92 Å². The van der Waals surface area contributed by atoms with E-state index in [1.807, 2.05) is 20.0 Å². The van der Waals surface area contributed by atoms with Crippen molar-refractivity contribution < 1.29 is 0 Å². The topological polar surface area (TPSA) is 37.8 Å². The molecule has 1 aliphatic rings. The molecule has 1 aromatic heterocycles. The molecule has 0 saturated heterocycles. The van der Waals surface area contributed by atoms with Gasteiger partial charge in [-0.2, -0.15) is 0 Å². The van der Waals surface area contributed by atoms with Crippen molar-refractivity contribution >= 4 is 0 Å². The summed E-state index contributed by atoms with van der Waals surface area (Å²) in [4.78, 5) is 8.99. The largest absolute Gasteiger partial charge is 0.314 e. The normalized spacial score (nSPS) is 15.9. The summed E-state index contributed by atoms with van der Waals surface area (Å²) in [6, 6.07) is 2.05.